The number of hydrogen-bond donors (Lipinski definition) is 1. The third-order valence-electron chi connectivity index (χ3n) is 3.46. The van der Waals surface area contributed by atoms with E-state index in [2.05, 4.69) is 15.5 Å². The molecular weight excluding hydrogens is 302 g/mol. The van der Waals surface area contributed by atoms with E-state index in [0.29, 0.717) is 5.75 Å². The van der Waals surface area contributed by atoms with Gasteiger partial charge in [-0.1, -0.05) is 48.5 Å². The molecule has 5 nitrogen and oxygen atoms in total. The van der Waals surface area contributed by atoms with Gasteiger partial charge in [0.25, 0.3) is 5.91 Å². The monoisotopic (exact) mass is 319 g/mol. The van der Waals surface area contributed by atoms with Crippen LogP contribution in [0.2, 0.25) is 0 Å². The third-order valence-corrected chi connectivity index (χ3v) is 3.46. The van der Waals surface area contributed by atoms with Crippen LogP contribution in [0.25, 0.3) is 10.9 Å². The summed E-state index contributed by atoms with van der Waals surface area (Å²) in [5, 5.41) is 4.91. The van der Waals surface area contributed by atoms with E-state index < -0.39 is 6.10 Å². The summed E-state index contributed by atoms with van der Waals surface area (Å²) < 4.78 is 5.74. The van der Waals surface area contributed by atoms with Crippen LogP contribution in [0, 0.1) is 0 Å². The van der Waals surface area contributed by atoms with Crippen molar-refractivity contribution in [3.63, 3.8) is 0 Å². The fourth-order valence-corrected chi connectivity index (χ4v) is 2.22. The van der Waals surface area contributed by atoms with Crippen LogP contribution < -0.4 is 10.2 Å². The predicted molar refractivity (Wildman–Crippen MR) is 94.0 cm³/mol. The van der Waals surface area contributed by atoms with Crippen molar-refractivity contribution in [3.05, 3.63) is 72.4 Å². The van der Waals surface area contributed by atoms with Crippen molar-refractivity contribution in [3.8, 4) is 5.75 Å². The molecule has 1 aromatic heterocycles. The second-order valence-corrected chi connectivity index (χ2v) is 5.24. The summed E-state index contributed by atoms with van der Waals surface area (Å²) in [5.41, 5.74) is 4.12. The Bertz CT molecular complexity index is 857. The highest BCUT2D eigenvalue weighted by Crippen LogP contribution is 2.23. The Morgan fingerprint density at radius 2 is 1.92 bits per heavy atom. The van der Waals surface area contributed by atoms with Gasteiger partial charge in [0.2, 0.25) is 0 Å². The molecule has 3 rings (SSSR count). The van der Waals surface area contributed by atoms with Gasteiger partial charge in [0.15, 0.2) is 6.10 Å². The highest BCUT2D eigenvalue weighted by Gasteiger charge is 2.15. The molecule has 5 heteroatoms. The number of hydrogen-bond acceptors (Lipinski definition) is 4. The van der Waals surface area contributed by atoms with E-state index in [4.69, 9.17) is 4.74 Å². The maximum atomic E-state index is 12.1. The molecule has 0 aliphatic carbocycles. The van der Waals surface area contributed by atoms with Crippen molar-refractivity contribution in [1.29, 1.82) is 0 Å². The second kappa shape index (κ2) is 7.37. The van der Waals surface area contributed by atoms with Gasteiger partial charge in [0.05, 0.1) is 6.21 Å². The fourth-order valence-electron chi connectivity index (χ4n) is 2.22. The van der Waals surface area contributed by atoms with E-state index in [9.17, 15) is 4.79 Å². The molecule has 1 atom stereocenters. The number of nitrogens with zero attached hydrogens (tertiary/aromatic N) is 2. The summed E-state index contributed by atoms with van der Waals surface area (Å²) in [7, 11) is 0. The molecule has 1 heterocycles. The zero-order valence-corrected chi connectivity index (χ0v) is 13.2. The van der Waals surface area contributed by atoms with Crippen LogP contribution >= 0.6 is 0 Å². The molecule has 0 unspecified atom stereocenters. The number of aromatic nitrogens is 1. The summed E-state index contributed by atoms with van der Waals surface area (Å²) >= 11 is 0. The van der Waals surface area contributed by atoms with Crippen LogP contribution in [-0.2, 0) is 4.79 Å². The number of pyridine rings is 1. The minimum Gasteiger partial charge on any atom is -0.479 e. The molecule has 0 radical (unpaired) electrons. The van der Waals surface area contributed by atoms with Gasteiger partial charge in [-0.2, -0.15) is 5.10 Å². The summed E-state index contributed by atoms with van der Waals surface area (Å²) in [6, 6.07) is 19.0. The first-order valence-electron chi connectivity index (χ1n) is 7.62. The Labute approximate surface area is 140 Å². The smallest absolute Gasteiger partial charge is 0.280 e. The van der Waals surface area contributed by atoms with Crippen molar-refractivity contribution in [2.24, 2.45) is 5.10 Å². The number of rotatable bonds is 5. The Balaban J connectivity index is 1.64. The number of fused-ring (bicyclic) bond motifs is 1. The normalized spacial score (nSPS) is 12.2. The summed E-state index contributed by atoms with van der Waals surface area (Å²) in [4.78, 5) is 16.4. The number of benzene rings is 2. The Kier molecular flexibility index (Phi) is 4.81. The van der Waals surface area contributed by atoms with E-state index >= 15 is 0 Å². The average Bonchev–Trinajstić information content (AvgIpc) is 2.63. The van der Waals surface area contributed by atoms with Crippen molar-refractivity contribution >= 4 is 23.0 Å². The predicted octanol–water partition coefficient (Wildman–Crippen LogP) is 3.15. The van der Waals surface area contributed by atoms with Crippen LogP contribution in [-0.4, -0.2) is 23.2 Å². The molecule has 24 heavy (non-hydrogen) atoms. The molecule has 1 amide bonds. The highest BCUT2D eigenvalue weighted by molar-refractivity contribution is 5.86. The van der Waals surface area contributed by atoms with Gasteiger partial charge in [0, 0.05) is 11.6 Å². The molecule has 0 saturated carbocycles. The first-order valence-corrected chi connectivity index (χ1v) is 7.62. The molecule has 1 N–H and O–H groups in total. The van der Waals surface area contributed by atoms with Crippen LogP contribution in [0.15, 0.2) is 72.0 Å². The lowest BCUT2D eigenvalue weighted by Crippen LogP contribution is -2.33. The lowest BCUT2D eigenvalue weighted by Gasteiger charge is -2.14. The molecule has 0 bridgehead atoms. The van der Waals surface area contributed by atoms with E-state index in [1.54, 1.807) is 25.4 Å². The topological polar surface area (TPSA) is 63.6 Å². The summed E-state index contributed by atoms with van der Waals surface area (Å²) in [5.74, 6) is 0.248. The number of ether oxygens (including phenoxy) is 1. The maximum Gasteiger partial charge on any atom is 0.280 e. The summed E-state index contributed by atoms with van der Waals surface area (Å²) in [6.07, 6.45) is 2.60. The molecule has 2 aromatic carbocycles. The number of carbonyl (C=O) groups excluding carboxylic acids is 1. The van der Waals surface area contributed by atoms with Gasteiger partial charge in [0.1, 0.15) is 11.3 Å². The third kappa shape index (κ3) is 3.76. The molecule has 0 fully saturated rings. The Morgan fingerprint density at radius 3 is 2.75 bits per heavy atom. The zero-order chi connectivity index (χ0) is 16.8. The highest BCUT2D eigenvalue weighted by atomic mass is 16.5. The molecule has 120 valence electrons. The van der Waals surface area contributed by atoms with Crippen molar-refractivity contribution < 1.29 is 9.53 Å². The number of carbonyl (C=O) groups is 1. The quantitative estimate of drug-likeness (QED) is 0.580. The molecule has 0 spiro atoms. The standard InChI is InChI=1S/C19H17N3O2/c1-14(19(23)22-21-13-15-7-3-2-4-8-15)24-17-11-5-9-16-10-6-12-20-18(16)17/h2-14H,1H3,(H,22,23)/b21-13-/t14-/m0/s1. The van der Waals surface area contributed by atoms with Crippen LogP contribution in [0.4, 0.5) is 0 Å². The fraction of sp³-hybridized carbons (Fsp3) is 0.105. The first kappa shape index (κ1) is 15.7. The van der Waals surface area contributed by atoms with Gasteiger partial charge < -0.3 is 4.74 Å². The number of nitrogens with one attached hydrogen (secondary N) is 1. The first-order chi connectivity index (χ1) is 11.7. The average molecular weight is 319 g/mol. The van der Waals surface area contributed by atoms with E-state index in [1.165, 1.54) is 0 Å². The Morgan fingerprint density at radius 1 is 1.12 bits per heavy atom. The summed E-state index contributed by atoms with van der Waals surface area (Å²) in [6.45, 7) is 1.68. The van der Waals surface area contributed by atoms with Gasteiger partial charge >= 0.3 is 0 Å². The van der Waals surface area contributed by atoms with E-state index in [-0.39, 0.29) is 5.91 Å². The van der Waals surface area contributed by atoms with Gasteiger partial charge in [-0.25, -0.2) is 5.43 Å². The Hall–Kier alpha value is -3.21. The largest absolute Gasteiger partial charge is 0.479 e. The number of hydrazone groups is 1. The molecule has 3 aromatic rings. The lowest BCUT2D eigenvalue weighted by molar-refractivity contribution is -0.127. The van der Waals surface area contributed by atoms with Crippen molar-refractivity contribution in [1.82, 2.24) is 10.4 Å². The zero-order valence-electron chi connectivity index (χ0n) is 13.2. The van der Waals surface area contributed by atoms with Crippen molar-refractivity contribution in [2.75, 3.05) is 0 Å². The minimum absolute atomic E-state index is 0.324. The maximum absolute atomic E-state index is 12.1. The number of amides is 1. The second-order valence-electron chi connectivity index (χ2n) is 5.24. The SMILES string of the molecule is C[C@H](Oc1cccc2cccnc12)C(=O)N/N=C\c1ccccc1. The van der Waals surface area contributed by atoms with E-state index in [1.807, 2.05) is 54.6 Å². The lowest BCUT2D eigenvalue weighted by atomic mass is 10.2. The molecule has 0 aliphatic rings. The van der Waals surface area contributed by atoms with Crippen LogP contribution in [0.3, 0.4) is 0 Å². The minimum atomic E-state index is -0.689. The molecule has 0 saturated heterocycles. The van der Waals surface area contributed by atoms with Gasteiger partial charge in [-0.3, -0.25) is 9.78 Å². The van der Waals surface area contributed by atoms with E-state index in [0.717, 1.165) is 16.5 Å². The van der Waals surface area contributed by atoms with Crippen LogP contribution in [0.5, 0.6) is 5.75 Å². The van der Waals surface area contributed by atoms with Crippen molar-refractivity contribution in [2.45, 2.75) is 13.0 Å². The van der Waals surface area contributed by atoms with Crippen LogP contribution in [0.1, 0.15) is 12.5 Å². The van der Waals surface area contributed by atoms with Gasteiger partial charge in [-0.15, -0.1) is 0 Å². The van der Waals surface area contributed by atoms with Gasteiger partial charge in [-0.05, 0) is 24.6 Å². The molecular formula is C19H17N3O2. The molecule has 0 aliphatic heterocycles. The number of para-hydroxylation sites is 1.